The highest BCUT2D eigenvalue weighted by Gasteiger charge is 2.37. The molecule has 2 unspecified atom stereocenters. The Morgan fingerprint density at radius 2 is 1.89 bits per heavy atom. The van der Waals surface area contributed by atoms with Gasteiger partial charge in [0.25, 0.3) is 0 Å². The summed E-state index contributed by atoms with van der Waals surface area (Å²) in [4.78, 5) is 0. The molecule has 1 aliphatic rings. The Hall–Kier alpha value is -1.73. The molecule has 1 fully saturated rings. The highest BCUT2D eigenvalue weighted by atomic mass is 32.2. The van der Waals surface area contributed by atoms with Crippen molar-refractivity contribution in [1.29, 1.82) is 0 Å². The minimum Gasteiger partial charge on any atom is -0.760 e. The van der Waals surface area contributed by atoms with Gasteiger partial charge in [0.15, 0.2) is 0 Å². The van der Waals surface area contributed by atoms with Gasteiger partial charge in [-0.05, 0) is 55.9 Å². The molecular weight excluding hydrogens is 372 g/mol. The SMILES string of the molecule is COc1cccc(C2(CNS(=O)[O-])CCC(NC(C)c3ccccc3)CC2)c1. The standard InChI is InChI=1S/C22H30N2O3S/c1-17(18-7-4-3-5-8-18)24-20-11-13-22(14-12-20,16-23-28(25)26)19-9-6-10-21(15-19)27-2/h3-10,15,17,20,23-24H,11-14,16H2,1-2H3,(H,25,26)/p-1. The lowest BCUT2D eigenvalue weighted by Crippen LogP contribution is -2.46. The molecule has 0 spiro atoms. The summed E-state index contributed by atoms with van der Waals surface area (Å²) in [5, 5.41) is 3.74. The van der Waals surface area contributed by atoms with E-state index in [1.54, 1.807) is 7.11 Å². The Labute approximate surface area is 170 Å². The fourth-order valence-corrected chi connectivity index (χ4v) is 4.64. The summed E-state index contributed by atoms with van der Waals surface area (Å²) >= 11 is -2.26. The van der Waals surface area contributed by atoms with E-state index >= 15 is 0 Å². The van der Waals surface area contributed by atoms with Crippen LogP contribution in [-0.2, 0) is 16.7 Å². The molecule has 0 saturated heterocycles. The minimum atomic E-state index is -2.26. The molecule has 2 N–H and O–H groups in total. The fraction of sp³-hybridized carbons (Fsp3) is 0.455. The summed E-state index contributed by atoms with van der Waals surface area (Å²) in [7, 11) is 1.66. The van der Waals surface area contributed by atoms with E-state index in [0.29, 0.717) is 18.6 Å². The van der Waals surface area contributed by atoms with Gasteiger partial charge in [0, 0.05) is 35.3 Å². The molecule has 1 aliphatic carbocycles. The molecule has 2 atom stereocenters. The number of ether oxygens (including phenoxy) is 1. The summed E-state index contributed by atoms with van der Waals surface area (Å²) in [5.41, 5.74) is 2.22. The van der Waals surface area contributed by atoms with E-state index in [1.807, 2.05) is 24.3 Å². The van der Waals surface area contributed by atoms with E-state index < -0.39 is 11.3 Å². The Kier molecular flexibility index (Phi) is 7.24. The van der Waals surface area contributed by atoms with Crippen molar-refractivity contribution < 1.29 is 13.5 Å². The molecule has 2 aromatic carbocycles. The van der Waals surface area contributed by atoms with Crippen LogP contribution in [0.4, 0.5) is 0 Å². The summed E-state index contributed by atoms with van der Waals surface area (Å²) in [6, 6.07) is 19.2. The second-order valence-corrected chi connectivity index (χ2v) is 8.40. The first-order valence-electron chi connectivity index (χ1n) is 9.81. The van der Waals surface area contributed by atoms with Crippen molar-refractivity contribution in [2.45, 2.75) is 50.1 Å². The van der Waals surface area contributed by atoms with E-state index in [9.17, 15) is 8.76 Å². The molecule has 152 valence electrons. The van der Waals surface area contributed by atoms with Crippen LogP contribution in [0.2, 0.25) is 0 Å². The molecule has 28 heavy (non-hydrogen) atoms. The third-order valence-electron chi connectivity index (χ3n) is 5.94. The summed E-state index contributed by atoms with van der Waals surface area (Å²) in [5.74, 6) is 0.804. The highest BCUT2D eigenvalue weighted by Crippen LogP contribution is 2.40. The van der Waals surface area contributed by atoms with Crippen LogP contribution in [0.3, 0.4) is 0 Å². The van der Waals surface area contributed by atoms with Crippen LogP contribution in [0.25, 0.3) is 0 Å². The topological polar surface area (TPSA) is 73.4 Å². The second kappa shape index (κ2) is 9.65. The van der Waals surface area contributed by atoms with E-state index in [-0.39, 0.29) is 5.41 Å². The Bertz CT molecular complexity index is 776. The number of methoxy groups -OCH3 is 1. The van der Waals surface area contributed by atoms with Crippen LogP contribution in [0, 0.1) is 0 Å². The van der Waals surface area contributed by atoms with Crippen molar-refractivity contribution in [2.75, 3.05) is 13.7 Å². The van der Waals surface area contributed by atoms with Gasteiger partial charge < -0.3 is 14.6 Å². The second-order valence-electron chi connectivity index (χ2n) is 7.64. The van der Waals surface area contributed by atoms with Crippen LogP contribution in [-0.4, -0.2) is 28.5 Å². The van der Waals surface area contributed by atoms with Gasteiger partial charge >= 0.3 is 0 Å². The zero-order chi connectivity index (χ0) is 20.0. The molecule has 0 aliphatic heterocycles. The zero-order valence-electron chi connectivity index (χ0n) is 16.5. The van der Waals surface area contributed by atoms with Crippen molar-refractivity contribution >= 4 is 11.3 Å². The zero-order valence-corrected chi connectivity index (χ0v) is 17.3. The number of hydrogen-bond acceptors (Lipinski definition) is 4. The van der Waals surface area contributed by atoms with Crippen molar-refractivity contribution in [3.8, 4) is 5.75 Å². The molecule has 0 heterocycles. The first kappa shape index (κ1) is 21.0. The lowest BCUT2D eigenvalue weighted by atomic mass is 9.68. The van der Waals surface area contributed by atoms with Crippen molar-refractivity contribution in [3.63, 3.8) is 0 Å². The van der Waals surface area contributed by atoms with Crippen LogP contribution in [0.1, 0.15) is 49.8 Å². The number of hydrogen-bond donors (Lipinski definition) is 2. The van der Waals surface area contributed by atoms with Gasteiger partial charge in [-0.25, -0.2) is 4.72 Å². The van der Waals surface area contributed by atoms with Crippen molar-refractivity contribution in [2.24, 2.45) is 0 Å². The van der Waals surface area contributed by atoms with E-state index in [2.05, 4.69) is 47.3 Å². The molecule has 0 bridgehead atoms. The van der Waals surface area contributed by atoms with Gasteiger partial charge in [0.1, 0.15) is 5.75 Å². The van der Waals surface area contributed by atoms with Gasteiger partial charge in [0.05, 0.1) is 7.11 Å². The minimum absolute atomic E-state index is 0.206. The van der Waals surface area contributed by atoms with Crippen LogP contribution < -0.4 is 14.8 Å². The van der Waals surface area contributed by atoms with Crippen LogP contribution in [0.5, 0.6) is 5.75 Å². The lowest BCUT2D eigenvalue weighted by Gasteiger charge is -2.42. The van der Waals surface area contributed by atoms with Crippen LogP contribution >= 0.6 is 0 Å². The van der Waals surface area contributed by atoms with Crippen LogP contribution in [0.15, 0.2) is 54.6 Å². The number of nitrogens with one attached hydrogen (secondary N) is 2. The van der Waals surface area contributed by atoms with Gasteiger partial charge in [-0.2, -0.15) is 0 Å². The maximum atomic E-state index is 11.2. The molecule has 5 nitrogen and oxygen atoms in total. The molecule has 1 saturated carbocycles. The Balaban J connectivity index is 1.70. The molecule has 3 rings (SSSR count). The third-order valence-corrected chi connectivity index (χ3v) is 6.32. The maximum Gasteiger partial charge on any atom is 0.119 e. The summed E-state index contributed by atoms with van der Waals surface area (Å²) in [6.07, 6.45) is 3.84. The predicted octanol–water partition coefficient (Wildman–Crippen LogP) is 3.61. The molecule has 0 amide bonds. The Morgan fingerprint density at radius 3 is 2.54 bits per heavy atom. The largest absolute Gasteiger partial charge is 0.760 e. The fourth-order valence-electron chi connectivity index (χ4n) is 4.25. The van der Waals surface area contributed by atoms with Crippen molar-refractivity contribution in [3.05, 3.63) is 65.7 Å². The van der Waals surface area contributed by atoms with Gasteiger partial charge in [-0.15, -0.1) is 0 Å². The lowest BCUT2D eigenvalue weighted by molar-refractivity contribution is 0.236. The number of benzene rings is 2. The first-order chi connectivity index (χ1) is 13.5. The van der Waals surface area contributed by atoms with E-state index in [1.165, 1.54) is 5.56 Å². The molecular formula is C22H29N2O3S-. The quantitative estimate of drug-likeness (QED) is 0.663. The Morgan fingerprint density at radius 1 is 1.18 bits per heavy atom. The summed E-state index contributed by atoms with van der Waals surface area (Å²) in [6.45, 7) is 2.61. The van der Waals surface area contributed by atoms with E-state index in [4.69, 9.17) is 4.74 Å². The maximum absolute atomic E-state index is 11.2. The normalized spacial score (nSPS) is 24.5. The molecule has 6 heteroatoms. The molecule has 2 aromatic rings. The highest BCUT2D eigenvalue weighted by molar-refractivity contribution is 7.77. The van der Waals surface area contributed by atoms with Crippen molar-refractivity contribution in [1.82, 2.24) is 10.0 Å². The third kappa shape index (κ3) is 5.20. The predicted molar refractivity (Wildman–Crippen MR) is 112 cm³/mol. The van der Waals surface area contributed by atoms with Gasteiger partial charge in [0.2, 0.25) is 0 Å². The average molecular weight is 402 g/mol. The van der Waals surface area contributed by atoms with Gasteiger partial charge in [-0.3, -0.25) is 4.21 Å². The summed E-state index contributed by atoms with van der Waals surface area (Å²) < 4.78 is 30.3. The molecule has 0 radical (unpaired) electrons. The van der Waals surface area contributed by atoms with Gasteiger partial charge in [-0.1, -0.05) is 42.5 Å². The molecule has 0 aromatic heterocycles. The average Bonchev–Trinajstić information content (AvgIpc) is 2.74. The first-order valence-corrected chi connectivity index (χ1v) is 10.9. The van der Waals surface area contributed by atoms with E-state index in [0.717, 1.165) is 37.0 Å². The monoisotopic (exact) mass is 401 g/mol. The number of rotatable bonds is 8. The smallest absolute Gasteiger partial charge is 0.119 e.